The van der Waals surface area contributed by atoms with Gasteiger partial charge in [0.1, 0.15) is 0 Å². The van der Waals surface area contributed by atoms with E-state index in [1.54, 1.807) is 0 Å². The summed E-state index contributed by atoms with van der Waals surface area (Å²) in [6.45, 7) is 1.11. The van der Waals surface area contributed by atoms with Gasteiger partial charge in [-0.05, 0) is 32.2 Å². The molecule has 2 amide bonds. The molecule has 0 aromatic carbocycles. The van der Waals surface area contributed by atoms with Crippen LogP contribution < -0.4 is 11.1 Å². The zero-order chi connectivity index (χ0) is 10.8. The summed E-state index contributed by atoms with van der Waals surface area (Å²) in [5.74, 6) is -0.294. The van der Waals surface area contributed by atoms with E-state index in [4.69, 9.17) is 5.73 Å². The second-order valence-electron chi connectivity index (χ2n) is 4.37. The lowest BCUT2D eigenvalue weighted by Crippen LogP contribution is -2.45. The fraction of sp³-hybridized carbons (Fsp3) is 0.800. The Labute approximate surface area is 89.0 Å². The first kappa shape index (κ1) is 10.4. The second-order valence-corrected chi connectivity index (χ2v) is 4.37. The third kappa shape index (κ3) is 2.68. The first-order valence-corrected chi connectivity index (χ1v) is 5.49. The van der Waals surface area contributed by atoms with Crippen LogP contribution in [0.25, 0.3) is 0 Å². The highest BCUT2D eigenvalue weighted by atomic mass is 16.2. The van der Waals surface area contributed by atoms with E-state index < -0.39 is 0 Å². The van der Waals surface area contributed by atoms with Crippen LogP contribution in [-0.2, 0) is 9.59 Å². The summed E-state index contributed by atoms with van der Waals surface area (Å²) in [6, 6.07) is 0.141. The Bertz CT molecular complexity index is 276. The van der Waals surface area contributed by atoms with Crippen molar-refractivity contribution in [1.29, 1.82) is 0 Å². The Morgan fingerprint density at radius 1 is 1.33 bits per heavy atom. The van der Waals surface area contributed by atoms with Gasteiger partial charge in [-0.15, -0.1) is 0 Å². The van der Waals surface area contributed by atoms with Gasteiger partial charge >= 0.3 is 0 Å². The molecular weight excluding hydrogens is 194 g/mol. The summed E-state index contributed by atoms with van der Waals surface area (Å²) in [6.07, 6.45) is 3.91. The SMILES string of the molecule is NC(=O)C1CCCN1CC(=O)NC1CC1. The van der Waals surface area contributed by atoms with Gasteiger partial charge in [-0.2, -0.15) is 0 Å². The van der Waals surface area contributed by atoms with Crippen LogP contribution in [0.1, 0.15) is 25.7 Å². The minimum absolute atomic E-state index is 0.0191. The van der Waals surface area contributed by atoms with E-state index in [2.05, 4.69) is 5.32 Å². The number of amides is 2. The third-order valence-electron chi connectivity index (χ3n) is 2.98. The zero-order valence-corrected chi connectivity index (χ0v) is 8.74. The molecule has 1 saturated heterocycles. The first-order valence-electron chi connectivity index (χ1n) is 5.49. The number of nitrogens with zero attached hydrogens (tertiary/aromatic N) is 1. The van der Waals surface area contributed by atoms with Gasteiger partial charge in [0.2, 0.25) is 11.8 Å². The number of primary amides is 1. The maximum absolute atomic E-state index is 11.5. The van der Waals surface area contributed by atoms with Gasteiger partial charge < -0.3 is 11.1 Å². The molecule has 0 bridgehead atoms. The molecular formula is C10H17N3O2. The monoisotopic (exact) mass is 211 g/mol. The van der Waals surface area contributed by atoms with Gasteiger partial charge in [-0.1, -0.05) is 0 Å². The summed E-state index contributed by atoms with van der Waals surface area (Å²) < 4.78 is 0. The second kappa shape index (κ2) is 4.18. The average Bonchev–Trinajstić information content (AvgIpc) is 2.82. The quantitative estimate of drug-likeness (QED) is 0.640. The fourth-order valence-electron chi connectivity index (χ4n) is 2.02. The number of likely N-dealkylation sites (tertiary alicyclic amines) is 1. The van der Waals surface area contributed by atoms with Gasteiger partial charge in [0, 0.05) is 6.04 Å². The lowest BCUT2D eigenvalue weighted by molar-refractivity contribution is -0.125. The third-order valence-corrected chi connectivity index (χ3v) is 2.98. The maximum atomic E-state index is 11.5. The number of hydrogen-bond acceptors (Lipinski definition) is 3. The van der Waals surface area contributed by atoms with E-state index in [1.165, 1.54) is 0 Å². The maximum Gasteiger partial charge on any atom is 0.234 e. The fourth-order valence-corrected chi connectivity index (χ4v) is 2.02. The van der Waals surface area contributed by atoms with Crippen LogP contribution in [0.2, 0.25) is 0 Å². The number of nitrogens with two attached hydrogens (primary N) is 1. The standard InChI is InChI=1S/C10H17N3O2/c11-10(15)8-2-1-5-13(8)6-9(14)12-7-3-4-7/h7-8H,1-6H2,(H2,11,15)(H,12,14). The molecule has 1 aliphatic heterocycles. The van der Waals surface area contributed by atoms with Crippen molar-refractivity contribution in [1.82, 2.24) is 10.2 Å². The molecule has 1 atom stereocenters. The van der Waals surface area contributed by atoms with E-state index in [0.717, 1.165) is 32.2 Å². The molecule has 5 heteroatoms. The lowest BCUT2D eigenvalue weighted by Gasteiger charge is -2.20. The predicted octanol–water partition coefficient (Wildman–Crippen LogP) is -0.785. The van der Waals surface area contributed by atoms with Crippen LogP contribution in [-0.4, -0.2) is 41.9 Å². The van der Waals surface area contributed by atoms with Crippen molar-refractivity contribution in [3.8, 4) is 0 Å². The Morgan fingerprint density at radius 3 is 2.67 bits per heavy atom. The Balaban J connectivity index is 1.81. The van der Waals surface area contributed by atoms with Crippen LogP contribution in [0.4, 0.5) is 0 Å². The Kier molecular flexibility index (Phi) is 2.90. The molecule has 84 valence electrons. The van der Waals surface area contributed by atoms with Crippen LogP contribution in [0.15, 0.2) is 0 Å². The summed E-state index contributed by atoms with van der Waals surface area (Å²) in [5, 5.41) is 2.91. The molecule has 15 heavy (non-hydrogen) atoms. The highest BCUT2D eigenvalue weighted by Crippen LogP contribution is 2.19. The largest absolute Gasteiger partial charge is 0.368 e. The molecule has 1 saturated carbocycles. The Hall–Kier alpha value is -1.10. The number of nitrogens with one attached hydrogen (secondary N) is 1. The number of rotatable bonds is 4. The molecule has 0 spiro atoms. The lowest BCUT2D eigenvalue weighted by atomic mass is 10.2. The number of carbonyl (C=O) groups excluding carboxylic acids is 2. The summed E-state index contributed by atoms with van der Waals surface area (Å²) >= 11 is 0. The van der Waals surface area contributed by atoms with Crippen molar-refractivity contribution in [2.24, 2.45) is 5.73 Å². The van der Waals surface area contributed by atoms with Crippen molar-refractivity contribution in [3.63, 3.8) is 0 Å². The van der Waals surface area contributed by atoms with Crippen LogP contribution in [0.5, 0.6) is 0 Å². The van der Waals surface area contributed by atoms with Crippen LogP contribution in [0.3, 0.4) is 0 Å². The highest BCUT2D eigenvalue weighted by molar-refractivity contribution is 5.83. The van der Waals surface area contributed by atoms with Crippen molar-refractivity contribution in [3.05, 3.63) is 0 Å². The van der Waals surface area contributed by atoms with Crippen LogP contribution in [0, 0.1) is 0 Å². The highest BCUT2D eigenvalue weighted by Gasteiger charge is 2.31. The molecule has 2 rings (SSSR count). The van der Waals surface area contributed by atoms with E-state index in [1.807, 2.05) is 4.90 Å². The molecule has 0 radical (unpaired) electrons. The molecule has 5 nitrogen and oxygen atoms in total. The van der Waals surface area contributed by atoms with Gasteiger partial charge in [0.05, 0.1) is 12.6 Å². The molecule has 2 fully saturated rings. The van der Waals surface area contributed by atoms with Crippen molar-refractivity contribution < 1.29 is 9.59 Å². The average molecular weight is 211 g/mol. The minimum Gasteiger partial charge on any atom is -0.368 e. The number of carbonyl (C=O) groups is 2. The molecule has 0 aromatic rings. The van der Waals surface area contributed by atoms with E-state index >= 15 is 0 Å². The zero-order valence-electron chi connectivity index (χ0n) is 8.74. The van der Waals surface area contributed by atoms with Gasteiger partial charge in [0.15, 0.2) is 0 Å². The van der Waals surface area contributed by atoms with Gasteiger partial charge in [0.25, 0.3) is 0 Å². The molecule has 1 unspecified atom stereocenters. The molecule has 2 aliphatic rings. The molecule has 1 heterocycles. The van der Waals surface area contributed by atoms with Gasteiger partial charge in [-0.3, -0.25) is 14.5 Å². The van der Waals surface area contributed by atoms with Crippen molar-refractivity contribution >= 4 is 11.8 Å². The van der Waals surface area contributed by atoms with Crippen molar-refractivity contribution in [2.75, 3.05) is 13.1 Å². The molecule has 0 aromatic heterocycles. The van der Waals surface area contributed by atoms with Crippen molar-refractivity contribution in [2.45, 2.75) is 37.8 Å². The van der Waals surface area contributed by atoms with E-state index in [-0.39, 0.29) is 17.9 Å². The van der Waals surface area contributed by atoms with Gasteiger partial charge in [-0.25, -0.2) is 0 Å². The normalized spacial score (nSPS) is 26.5. The summed E-state index contributed by atoms with van der Waals surface area (Å²) in [5.41, 5.74) is 5.27. The van der Waals surface area contributed by atoms with E-state index in [9.17, 15) is 9.59 Å². The predicted molar refractivity (Wildman–Crippen MR) is 55.0 cm³/mol. The summed E-state index contributed by atoms with van der Waals surface area (Å²) in [4.78, 5) is 24.5. The first-order chi connectivity index (χ1) is 7.16. The minimum atomic E-state index is -0.313. The summed E-state index contributed by atoms with van der Waals surface area (Å²) in [7, 11) is 0. The molecule has 1 aliphatic carbocycles. The number of hydrogen-bond donors (Lipinski definition) is 2. The smallest absolute Gasteiger partial charge is 0.234 e. The van der Waals surface area contributed by atoms with E-state index in [0.29, 0.717) is 12.6 Å². The van der Waals surface area contributed by atoms with Crippen LogP contribution >= 0.6 is 0 Å². The Morgan fingerprint density at radius 2 is 2.07 bits per heavy atom. The molecule has 3 N–H and O–H groups in total. The topological polar surface area (TPSA) is 75.4 Å².